The second-order valence-electron chi connectivity index (χ2n) is 6.83. The van der Waals surface area contributed by atoms with Gasteiger partial charge >= 0.3 is 0 Å². The summed E-state index contributed by atoms with van der Waals surface area (Å²) in [5, 5.41) is 2.95. The van der Waals surface area contributed by atoms with Crippen molar-refractivity contribution in [2.45, 2.75) is 35.7 Å². The van der Waals surface area contributed by atoms with Gasteiger partial charge in [-0.15, -0.1) is 0 Å². The highest BCUT2D eigenvalue weighted by atomic mass is 32.2. The van der Waals surface area contributed by atoms with Gasteiger partial charge in [0.25, 0.3) is 5.56 Å². The highest BCUT2D eigenvalue weighted by Crippen LogP contribution is 2.20. The SMILES string of the molecule is Cc1ccc(S(=O)(=O)c2cnc(SCC(=O)Nc3ccc(C)c(C)c3)[nH]c2=O)cc1. The quantitative estimate of drug-likeness (QED) is 0.447. The summed E-state index contributed by atoms with van der Waals surface area (Å²) in [4.78, 5) is 30.5. The minimum atomic E-state index is -3.98. The average Bonchev–Trinajstić information content (AvgIpc) is 2.69. The number of amides is 1. The molecule has 0 atom stereocenters. The fraction of sp³-hybridized carbons (Fsp3) is 0.190. The van der Waals surface area contributed by atoms with Crippen molar-refractivity contribution in [1.29, 1.82) is 0 Å². The lowest BCUT2D eigenvalue weighted by atomic mass is 10.1. The Morgan fingerprint density at radius 3 is 2.40 bits per heavy atom. The Balaban J connectivity index is 1.69. The lowest BCUT2D eigenvalue weighted by Gasteiger charge is -2.08. The molecule has 0 aliphatic rings. The van der Waals surface area contributed by atoms with Gasteiger partial charge in [0.1, 0.15) is 0 Å². The Labute approximate surface area is 178 Å². The summed E-state index contributed by atoms with van der Waals surface area (Å²) >= 11 is 1.01. The molecule has 1 aromatic heterocycles. The van der Waals surface area contributed by atoms with Crippen LogP contribution in [0.5, 0.6) is 0 Å². The van der Waals surface area contributed by atoms with Gasteiger partial charge in [0.15, 0.2) is 10.1 Å². The number of hydrogen-bond donors (Lipinski definition) is 2. The molecule has 0 radical (unpaired) electrons. The first-order valence-corrected chi connectivity index (χ1v) is 11.5. The van der Waals surface area contributed by atoms with Crippen LogP contribution in [0.2, 0.25) is 0 Å². The van der Waals surface area contributed by atoms with E-state index in [9.17, 15) is 18.0 Å². The predicted octanol–water partition coefficient (Wildman–Crippen LogP) is 3.26. The van der Waals surface area contributed by atoms with Crippen molar-refractivity contribution in [3.8, 4) is 0 Å². The van der Waals surface area contributed by atoms with E-state index in [4.69, 9.17) is 0 Å². The molecule has 1 heterocycles. The predicted molar refractivity (Wildman–Crippen MR) is 117 cm³/mol. The van der Waals surface area contributed by atoms with Crippen molar-refractivity contribution >= 4 is 33.2 Å². The number of hydrogen-bond acceptors (Lipinski definition) is 6. The molecule has 2 aromatic carbocycles. The Bertz CT molecular complexity index is 1250. The van der Waals surface area contributed by atoms with E-state index in [0.717, 1.165) is 34.6 Å². The molecular weight excluding hydrogens is 422 g/mol. The Morgan fingerprint density at radius 1 is 1.07 bits per heavy atom. The van der Waals surface area contributed by atoms with Crippen molar-refractivity contribution < 1.29 is 13.2 Å². The van der Waals surface area contributed by atoms with Crippen molar-refractivity contribution in [2.24, 2.45) is 0 Å². The minimum Gasteiger partial charge on any atom is -0.325 e. The number of benzene rings is 2. The molecule has 1 amide bonds. The van der Waals surface area contributed by atoms with Gasteiger partial charge in [0.05, 0.1) is 16.8 Å². The lowest BCUT2D eigenvalue weighted by Crippen LogP contribution is -2.20. The molecule has 0 aliphatic carbocycles. The van der Waals surface area contributed by atoms with Crippen LogP contribution in [0.4, 0.5) is 5.69 Å². The van der Waals surface area contributed by atoms with Crippen LogP contribution in [0.25, 0.3) is 0 Å². The van der Waals surface area contributed by atoms with Crippen LogP contribution in [-0.2, 0) is 14.6 Å². The highest BCUT2D eigenvalue weighted by Gasteiger charge is 2.22. The maximum Gasteiger partial charge on any atom is 0.270 e. The molecule has 0 saturated heterocycles. The number of rotatable bonds is 6. The van der Waals surface area contributed by atoms with E-state index in [2.05, 4.69) is 15.3 Å². The minimum absolute atomic E-state index is 0.0138. The van der Waals surface area contributed by atoms with Crippen LogP contribution < -0.4 is 10.9 Å². The number of sulfone groups is 1. The zero-order valence-electron chi connectivity index (χ0n) is 16.7. The summed E-state index contributed by atoms with van der Waals surface area (Å²) in [7, 11) is -3.98. The summed E-state index contributed by atoms with van der Waals surface area (Å²) in [6.45, 7) is 5.79. The van der Waals surface area contributed by atoms with E-state index >= 15 is 0 Å². The number of aryl methyl sites for hydroxylation is 3. The third-order valence-electron chi connectivity index (χ3n) is 4.49. The molecule has 0 spiro atoms. The maximum atomic E-state index is 12.7. The topological polar surface area (TPSA) is 109 Å². The number of carbonyl (C=O) groups is 1. The van der Waals surface area contributed by atoms with E-state index in [0.29, 0.717) is 5.69 Å². The summed E-state index contributed by atoms with van der Waals surface area (Å²) < 4.78 is 25.3. The van der Waals surface area contributed by atoms with Crippen LogP contribution in [0, 0.1) is 20.8 Å². The summed E-state index contributed by atoms with van der Waals surface area (Å²) in [5.41, 5.74) is 3.01. The number of aromatic amines is 1. The van der Waals surface area contributed by atoms with Gasteiger partial charge in [-0.25, -0.2) is 13.4 Å². The summed E-state index contributed by atoms with van der Waals surface area (Å²) in [6, 6.07) is 11.8. The van der Waals surface area contributed by atoms with Gasteiger partial charge < -0.3 is 10.3 Å². The first-order valence-electron chi connectivity index (χ1n) is 9.08. The van der Waals surface area contributed by atoms with E-state index in [1.54, 1.807) is 12.1 Å². The van der Waals surface area contributed by atoms with Crippen molar-refractivity contribution in [2.75, 3.05) is 11.1 Å². The molecule has 30 heavy (non-hydrogen) atoms. The van der Waals surface area contributed by atoms with Crippen LogP contribution in [0.1, 0.15) is 16.7 Å². The molecule has 3 aromatic rings. The van der Waals surface area contributed by atoms with Gasteiger partial charge in [-0.2, -0.15) is 0 Å². The summed E-state index contributed by atoms with van der Waals surface area (Å²) in [6.07, 6.45) is 1.03. The zero-order chi connectivity index (χ0) is 21.9. The standard InChI is InChI=1S/C21H21N3O4S2/c1-13-4-8-17(9-5-13)30(27,28)18-11-22-21(24-20(18)26)29-12-19(25)23-16-7-6-14(2)15(3)10-16/h4-11H,12H2,1-3H3,(H,23,25)(H,22,24,26). The van der Waals surface area contributed by atoms with Crippen molar-refractivity contribution in [3.05, 3.63) is 75.7 Å². The van der Waals surface area contributed by atoms with Crippen LogP contribution in [0.3, 0.4) is 0 Å². The summed E-state index contributed by atoms with van der Waals surface area (Å²) in [5.74, 6) is -0.248. The Hall–Kier alpha value is -2.91. The van der Waals surface area contributed by atoms with E-state index in [1.807, 2.05) is 39.0 Å². The van der Waals surface area contributed by atoms with Gasteiger partial charge in [0, 0.05) is 5.69 Å². The van der Waals surface area contributed by atoms with E-state index in [-0.39, 0.29) is 21.7 Å². The van der Waals surface area contributed by atoms with Gasteiger partial charge in [-0.05, 0) is 56.2 Å². The third kappa shape index (κ3) is 4.98. The monoisotopic (exact) mass is 443 g/mol. The van der Waals surface area contributed by atoms with Crippen LogP contribution in [-0.4, -0.2) is 30.0 Å². The molecular formula is C21H21N3O4S2. The number of nitrogens with zero attached hydrogens (tertiary/aromatic N) is 1. The van der Waals surface area contributed by atoms with Gasteiger partial charge in [-0.3, -0.25) is 9.59 Å². The first kappa shape index (κ1) is 21.8. The lowest BCUT2D eigenvalue weighted by molar-refractivity contribution is -0.113. The largest absolute Gasteiger partial charge is 0.325 e. The smallest absolute Gasteiger partial charge is 0.270 e. The number of H-pyrrole nitrogens is 1. The molecule has 0 aliphatic heterocycles. The molecule has 3 rings (SSSR count). The Morgan fingerprint density at radius 2 is 1.77 bits per heavy atom. The number of thioether (sulfide) groups is 1. The number of aromatic nitrogens is 2. The molecule has 9 heteroatoms. The number of nitrogens with one attached hydrogen (secondary N) is 2. The fourth-order valence-electron chi connectivity index (χ4n) is 2.63. The van der Waals surface area contributed by atoms with E-state index in [1.165, 1.54) is 12.1 Å². The second-order valence-corrected chi connectivity index (χ2v) is 9.72. The van der Waals surface area contributed by atoms with Gasteiger partial charge in [-0.1, -0.05) is 35.5 Å². The molecule has 0 bridgehead atoms. The molecule has 0 saturated carbocycles. The van der Waals surface area contributed by atoms with Crippen LogP contribution in [0.15, 0.2) is 68.4 Å². The number of anilines is 1. The highest BCUT2D eigenvalue weighted by molar-refractivity contribution is 7.99. The molecule has 7 nitrogen and oxygen atoms in total. The molecule has 156 valence electrons. The normalized spacial score (nSPS) is 11.3. The fourth-order valence-corrected chi connectivity index (χ4v) is 4.49. The first-order chi connectivity index (χ1) is 14.2. The van der Waals surface area contributed by atoms with E-state index < -0.39 is 20.3 Å². The molecule has 0 fully saturated rings. The average molecular weight is 444 g/mol. The number of carbonyl (C=O) groups excluding carboxylic acids is 1. The van der Waals surface area contributed by atoms with Gasteiger partial charge in [0.2, 0.25) is 15.7 Å². The molecule has 0 unspecified atom stereocenters. The van der Waals surface area contributed by atoms with Crippen molar-refractivity contribution in [3.63, 3.8) is 0 Å². The van der Waals surface area contributed by atoms with Crippen LogP contribution >= 0.6 is 11.8 Å². The second kappa shape index (κ2) is 8.85. The van der Waals surface area contributed by atoms with Crippen molar-refractivity contribution in [1.82, 2.24) is 9.97 Å². The Kier molecular flexibility index (Phi) is 6.42. The molecule has 2 N–H and O–H groups in total. The third-order valence-corrected chi connectivity index (χ3v) is 7.14. The maximum absolute atomic E-state index is 12.7. The zero-order valence-corrected chi connectivity index (χ0v) is 18.4.